The molecule has 3 rings (SSSR count). The number of anilines is 1. The van der Waals surface area contributed by atoms with Gasteiger partial charge in [0.2, 0.25) is 0 Å². The maximum atomic E-state index is 3.82. The third kappa shape index (κ3) is 3.13. The molecule has 0 unspecified atom stereocenters. The molecule has 0 bridgehead atoms. The van der Waals surface area contributed by atoms with Crippen LogP contribution >= 0.6 is 0 Å². The molecule has 0 atom stereocenters. The molecule has 1 aliphatic rings. The van der Waals surface area contributed by atoms with Crippen LogP contribution in [0.2, 0.25) is 0 Å². The molecular weight excluding hydrogens is 369 g/mol. The van der Waals surface area contributed by atoms with E-state index >= 15 is 0 Å². The van der Waals surface area contributed by atoms with E-state index in [-0.39, 0.29) is 5.41 Å². The first kappa shape index (κ1) is 17.8. The van der Waals surface area contributed by atoms with Crippen molar-refractivity contribution in [3.05, 3.63) is 82.9 Å². The average Bonchev–Trinajstić information content (AvgIpc) is 2.63. The topological polar surface area (TPSA) is 12.0 Å². The van der Waals surface area contributed by atoms with Gasteiger partial charge in [-0.25, -0.2) is 0 Å². The minimum absolute atomic E-state index is 0.00574. The van der Waals surface area contributed by atoms with Gasteiger partial charge in [0.25, 0.3) is 0 Å². The molecule has 1 heterocycles. The molecule has 1 N–H and O–H groups in total. The zero-order chi connectivity index (χ0) is 18.0. The van der Waals surface area contributed by atoms with Crippen LogP contribution in [0.1, 0.15) is 26.3 Å². The van der Waals surface area contributed by atoms with Crippen LogP contribution in [0.25, 0.3) is 11.1 Å². The van der Waals surface area contributed by atoms with Crippen LogP contribution in [0.4, 0.5) is 5.69 Å². The summed E-state index contributed by atoms with van der Waals surface area (Å²) < 4.78 is 2.94. The normalized spacial score (nSPS) is 16.0. The quantitative estimate of drug-likeness (QED) is 0.566. The summed E-state index contributed by atoms with van der Waals surface area (Å²) in [6, 6.07) is 15.3. The summed E-state index contributed by atoms with van der Waals surface area (Å²) in [5.41, 5.74) is 6.76. The predicted octanol–water partition coefficient (Wildman–Crippen LogP) is 5.03. The van der Waals surface area contributed by atoms with E-state index < -0.39 is 0 Å². The van der Waals surface area contributed by atoms with E-state index in [0.717, 1.165) is 0 Å². The molecule has 0 radical (unpaired) electrons. The van der Waals surface area contributed by atoms with Gasteiger partial charge in [-0.15, -0.1) is 0 Å². The summed E-state index contributed by atoms with van der Waals surface area (Å²) in [4.78, 5) is 0. The van der Waals surface area contributed by atoms with Crippen LogP contribution in [-0.2, 0) is 5.41 Å². The Morgan fingerprint density at radius 3 is 2.44 bits per heavy atom. The van der Waals surface area contributed by atoms with Gasteiger partial charge in [0.15, 0.2) is 0 Å². The molecule has 2 aromatic rings. The molecule has 0 aromatic heterocycles. The van der Waals surface area contributed by atoms with E-state index in [2.05, 4.69) is 87.3 Å². The number of nitrogens with one attached hydrogen (secondary N) is 1. The van der Waals surface area contributed by atoms with Crippen molar-refractivity contribution in [1.82, 2.24) is 0 Å². The number of allylic oxidation sites excluding steroid dienone is 5. The SMILES string of the molecule is C=C/C=C\C1=C(C)C(C)(C)c2c(ccc(NC)c2-c2ccccc2)[Se]1. The summed E-state index contributed by atoms with van der Waals surface area (Å²) in [5, 5.41) is 3.41. The molecule has 2 heteroatoms. The number of hydrogen-bond acceptors (Lipinski definition) is 1. The Morgan fingerprint density at radius 2 is 1.80 bits per heavy atom. The zero-order valence-corrected chi connectivity index (χ0v) is 17.1. The summed E-state index contributed by atoms with van der Waals surface area (Å²) in [6.07, 6.45) is 6.15. The van der Waals surface area contributed by atoms with Crippen molar-refractivity contribution in [2.45, 2.75) is 26.2 Å². The van der Waals surface area contributed by atoms with Crippen LogP contribution in [-0.4, -0.2) is 22.0 Å². The third-order valence-electron chi connectivity index (χ3n) is 5.03. The van der Waals surface area contributed by atoms with Crippen molar-refractivity contribution in [2.75, 3.05) is 12.4 Å². The Kier molecular flexibility index (Phi) is 5.03. The number of fused-ring (bicyclic) bond motifs is 1. The number of hydrogen-bond donors (Lipinski definition) is 1. The van der Waals surface area contributed by atoms with Crippen molar-refractivity contribution in [1.29, 1.82) is 0 Å². The molecule has 1 aliphatic heterocycles. The number of benzene rings is 2. The zero-order valence-electron chi connectivity index (χ0n) is 15.4. The molecule has 0 amide bonds. The molecule has 1 nitrogen and oxygen atoms in total. The second-order valence-corrected chi connectivity index (χ2v) is 9.06. The summed E-state index contributed by atoms with van der Waals surface area (Å²) in [6.45, 7) is 10.8. The van der Waals surface area contributed by atoms with Gasteiger partial charge in [-0.1, -0.05) is 0 Å². The molecule has 128 valence electrons. The van der Waals surface area contributed by atoms with Gasteiger partial charge in [-0.2, -0.15) is 0 Å². The van der Waals surface area contributed by atoms with Crippen molar-refractivity contribution < 1.29 is 0 Å². The molecule has 0 aliphatic carbocycles. The van der Waals surface area contributed by atoms with E-state index in [1.165, 1.54) is 36.9 Å². The molecule has 0 fully saturated rings. The van der Waals surface area contributed by atoms with Crippen molar-refractivity contribution in [3.63, 3.8) is 0 Å². The van der Waals surface area contributed by atoms with Gasteiger partial charge >= 0.3 is 158 Å². The van der Waals surface area contributed by atoms with Crippen LogP contribution in [0, 0.1) is 0 Å². The van der Waals surface area contributed by atoms with E-state index in [1.54, 1.807) is 0 Å². The van der Waals surface area contributed by atoms with Crippen molar-refractivity contribution in [3.8, 4) is 11.1 Å². The Bertz CT molecular complexity index is 857. The first-order chi connectivity index (χ1) is 12.0. The van der Waals surface area contributed by atoms with E-state index in [9.17, 15) is 0 Å². The van der Waals surface area contributed by atoms with E-state index in [4.69, 9.17) is 0 Å². The summed E-state index contributed by atoms with van der Waals surface area (Å²) >= 11 is 0.310. The fourth-order valence-corrected chi connectivity index (χ4v) is 6.32. The molecule has 0 saturated heterocycles. The molecule has 0 saturated carbocycles. The Balaban J connectivity index is 2.29. The van der Waals surface area contributed by atoms with Crippen LogP contribution in [0.15, 0.2) is 77.3 Å². The van der Waals surface area contributed by atoms with Gasteiger partial charge in [-0.3, -0.25) is 0 Å². The second-order valence-electron chi connectivity index (χ2n) is 6.79. The van der Waals surface area contributed by atoms with Crippen LogP contribution < -0.4 is 9.78 Å². The molecule has 25 heavy (non-hydrogen) atoms. The average molecular weight is 394 g/mol. The van der Waals surface area contributed by atoms with Crippen molar-refractivity contribution >= 4 is 25.1 Å². The standard InChI is InChI=1S/C23H25NSe/c1-6-7-13-19-16(2)23(3,4)22-20(25-19)15-14-18(24-5)21(22)17-11-9-8-10-12-17/h6-15,24H,1H2,2-5H3/b13-7-. The van der Waals surface area contributed by atoms with Gasteiger partial charge in [0.05, 0.1) is 0 Å². The maximum absolute atomic E-state index is 3.82. The fraction of sp³-hybridized carbons (Fsp3) is 0.217. The molecule has 2 aromatic carbocycles. The second kappa shape index (κ2) is 7.07. The first-order valence-electron chi connectivity index (χ1n) is 8.59. The van der Waals surface area contributed by atoms with Gasteiger partial charge in [0, 0.05) is 0 Å². The van der Waals surface area contributed by atoms with Crippen LogP contribution in [0.3, 0.4) is 0 Å². The molecular formula is C23H25NSe. The first-order valence-corrected chi connectivity index (χ1v) is 10.3. The van der Waals surface area contributed by atoms with E-state index in [1.807, 2.05) is 13.1 Å². The third-order valence-corrected chi connectivity index (χ3v) is 7.60. The predicted molar refractivity (Wildman–Crippen MR) is 112 cm³/mol. The summed E-state index contributed by atoms with van der Waals surface area (Å²) in [5.74, 6) is 0. The summed E-state index contributed by atoms with van der Waals surface area (Å²) in [7, 11) is 2.01. The Morgan fingerprint density at radius 1 is 1.08 bits per heavy atom. The Labute approximate surface area is 157 Å². The number of rotatable bonds is 4. The van der Waals surface area contributed by atoms with Gasteiger partial charge in [0.1, 0.15) is 0 Å². The Hall–Kier alpha value is -2.02. The fourth-order valence-electron chi connectivity index (χ4n) is 3.41. The van der Waals surface area contributed by atoms with E-state index in [0.29, 0.717) is 15.0 Å². The van der Waals surface area contributed by atoms with Crippen LogP contribution in [0.5, 0.6) is 0 Å². The van der Waals surface area contributed by atoms with Gasteiger partial charge < -0.3 is 0 Å². The molecule has 0 spiro atoms. The minimum atomic E-state index is -0.00574. The van der Waals surface area contributed by atoms with Gasteiger partial charge in [-0.05, 0) is 0 Å². The monoisotopic (exact) mass is 395 g/mol. The van der Waals surface area contributed by atoms with Crippen molar-refractivity contribution in [2.24, 2.45) is 0 Å².